The lowest BCUT2D eigenvalue weighted by Crippen LogP contribution is -2.54. The van der Waals surface area contributed by atoms with Gasteiger partial charge >= 0.3 is 12.3 Å². The van der Waals surface area contributed by atoms with Gasteiger partial charge in [0.2, 0.25) is 0 Å². The average Bonchev–Trinajstić information content (AvgIpc) is 3.35. The number of benzene rings is 2. The van der Waals surface area contributed by atoms with Crippen LogP contribution in [0, 0.1) is 0 Å². The van der Waals surface area contributed by atoms with Crippen molar-refractivity contribution in [1.29, 1.82) is 0 Å². The molecule has 0 spiro atoms. The van der Waals surface area contributed by atoms with E-state index in [-0.39, 0.29) is 18.1 Å². The van der Waals surface area contributed by atoms with Crippen LogP contribution in [0.25, 0.3) is 21.6 Å². The van der Waals surface area contributed by atoms with Crippen molar-refractivity contribution in [2.24, 2.45) is 0 Å². The van der Waals surface area contributed by atoms with E-state index >= 15 is 0 Å². The lowest BCUT2D eigenvalue weighted by atomic mass is 9.94. The largest absolute Gasteiger partial charge is 0.573 e. The Kier molecular flexibility index (Phi) is 8.59. The molecular weight excluding hydrogens is 578 g/mol. The standard InChI is InChI=1S/C29H33F3O5S2Si/c1-5-36-27(33)26(40(2,3)4)28(18-6-7-19-39(28,34)35)25-17-16-24(38-25)22-10-8-20(9-11-22)21-12-14-23(15-13-21)37-29(30,31)32/h8-17,26H,5-7,18-19H2,1-4H3/t26?,28-/m1/s1. The van der Waals surface area contributed by atoms with Crippen LogP contribution in [0.1, 0.15) is 31.1 Å². The summed E-state index contributed by atoms with van der Waals surface area (Å²) >= 11 is 1.39. The van der Waals surface area contributed by atoms with E-state index in [1.807, 2.05) is 56.0 Å². The first kappa shape index (κ1) is 30.3. The molecule has 1 saturated heterocycles. The number of alkyl halides is 3. The maximum absolute atomic E-state index is 13.9. The van der Waals surface area contributed by atoms with Crippen LogP contribution in [0.3, 0.4) is 0 Å². The molecule has 11 heteroatoms. The number of sulfone groups is 1. The summed E-state index contributed by atoms with van der Waals surface area (Å²) in [5, 5.41) is 0. The summed E-state index contributed by atoms with van der Waals surface area (Å²) in [5.41, 5.74) is 1.68. The zero-order chi connectivity index (χ0) is 29.3. The van der Waals surface area contributed by atoms with Crippen LogP contribution < -0.4 is 4.74 Å². The molecule has 1 unspecified atom stereocenters. The maximum Gasteiger partial charge on any atom is 0.573 e. The second-order valence-corrected chi connectivity index (χ2v) is 19.8. The molecule has 0 radical (unpaired) electrons. The Balaban J connectivity index is 1.69. The Hall–Kier alpha value is -2.63. The summed E-state index contributed by atoms with van der Waals surface area (Å²) in [5.74, 6) is -0.676. The molecule has 40 heavy (non-hydrogen) atoms. The van der Waals surface area contributed by atoms with Gasteiger partial charge in [0.05, 0.1) is 26.0 Å². The molecule has 2 aromatic carbocycles. The molecule has 1 fully saturated rings. The molecule has 0 amide bonds. The van der Waals surface area contributed by atoms with E-state index in [2.05, 4.69) is 4.74 Å². The summed E-state index contributed by atoms with van der Waals surface area (Å²) in [6, 6.07) is 16.9. The second-order valence-electron chi connectivity index (χ2n) is 11.0. The molecule has 3 aromatic rings. The van der Waals surface area contributed by atoms with Crippen LogP contribution in [-0.4, -0.2) is 41.2 Å². The van der Waals surface area contributed by atoms with Crippen LogP contribution >= 0.6 is 11.3 Å². The molecule has 216 valence electrons. The van der Waals surface area contributed by atoms with Crippen molar-refractivity contribution < 1.29 is 35.9 Å². The zero-order valence-corrected chi connectivity index (χ0v) is 25.5. The summed E-state index contributed by atoms with van der Waals surface area (Å²) < 4.78 is 73.3. The van der Waals surface area contributed by atoms with Crippen LogP contribution in [-0.2, 0) is 24.1 Å². The van der Waals surface area contributed by atoms with E-state index < -0.39 is 40.5 Å². The Labute approximate surface area is 238 Å². The van der Waals surface area contributed by atoms with Crippen LogP contribution in [0.4, 0.5) is 13.2 Å². The predicted molar refractivity (Wildman–Crippen MR) is 155 cm³/mol. The molecule has 2 heterocycles. The third-order valence-corrected chi connectivity index (χ3v) is 13.9. The Morgan fingerprint density at radius 2 is 1.52 bits per heavy atom. The van der Waals surface area contributed by atoms with Crippen molar-refractivity contribution in [3.05, 3.63) is 65.5 Å². The lowest BCUT2D eigenvalue weighted by molar-refractivity contribution is -0.274. The van der Waals surface area contributed by atoms with Gasteiger partial charge in [-0.05, 0) is 60.7 Å². The molecular formula is C29H33F3O5S2Si. The number of carbonyl (C=O) groups excluding carboxylic acids is 1. The molecule has 1 aromatic heterocycles. The van der Waals surface area contributed by atoms with Gasteiger partial charge in [0.1, 0.15) is 10.5 Å². The number of halogens is 3. The summed E-state index contributed by atoms with van der Waals surface area (Å²) in [6.45, 7) is 8.00. The minimum absolute atomic E-state index is 0.0438. The van der Waals surface area contributed by atoms with E-state index in [1.165, 1.54) is 23.5 Å². The molecule has 2 atom stereocenters. The van der Waals surface area contributed by atoms with Gasteiger partial charge in [-0.3, -0.25) is 4.79 Å². The first-order chi connectivity index (χ1) is 18.7. The highest BCUT2D eigenvalue weighted by Gasteiger charge is 2.60. The van der Waals surface area contributed by atoms with E-state index in [0.717, 1.165) is 21.6 Å². The monoisotopic (exact) mass is 610 g/mol. The summed E-state index contributed by atoms with van der Waals surface area (Å²) in [7, 11) is -6.02. The van der Waals surface area contributed by atoms with Crippen LogP contribution in [0.2, 0.25) is 25.2 Å². The highest BCUT2D eigenvalue weighted by molar-refractivity contribution is 7.92. The van der Waals surface area contributed by atoms with Gasteiger partial charge in [0.25, 0.3) is 0 Å². The maximum atomic E-state index is 13.9. The highest BCUT2D eigenvalue weighted by Crippen LogP contribution is 2.55. The van der Waals surface area contributed by atoms with E-state index in [0.29, 0.717) is 24.1 Å². The van der Waals surface area contributed by atoms with Crippen molar-refractivity contribution >= 4 is 35.2 Å². The smallest absolute Gasteiger partial charge is 0.466 e. The molecule has 5 nitrogen and oxygen atoms in total. The topological polar surface area (TPSA) is 69.7 Å². The van der Waals surface area contributed by atoms with Crippen molar-refractivity contribution in [2.75, 3.05) is 12.4 Å². The Morgan fingerprint density at radius 1 is 0.950 bits per heavy atom. The van der Waals surface area contributed by atoms with E-state index in [4.69, 9.17) is 4.74 Å². The molecule has 0 bridgehead atoms. The number of rotatable bonds is 8. The zero-order valence-electron chi connectivity index (χ0n) is 22.9. The molecule has 1 aliphatic rings. The fourth-order valence-corrected chi connectivity index (χ4v) is 13.7. The van der Waals surface area contributed by atoms with Crippen molar-refractivity contribution in [3.63, 3.8) is 0 Å². The second kappa shape index (κ2) is 11.3. The van der Waals surface area contributed by atoms with Crippen molar-refractivity contribution in [2.45, 2.75) is 62.5 Å². The highest BCUT2D eigenvalue weighted by atomic mass is 32.2. The molecule has 0 N–H and O–H groups in total. The molecule has 4 rings (SSSR count). The first-order valence-electron chi connectivity index (χ1n) is 13.1. The van der Waals surface area contributed by atoms with E-state index in [9.17, 15) is 26.4 Å². The fourth-order valence-electron chi connectivity index (χ4n) is 5.63. The van der Waals surface area contributed by atoms with Crippen LogP contribution in [0.15, 0.2) is 60.7 Å². The van der Waals surface area contributed by atoms with Gasteiger partial charge in [-0.25, -0.2) is 8.42 Å². The molecule has 0 saturated carbocycles. The number of esters is 1. The summed E-state index contributed by atoms with van der Waals surface area (Å²) in [6.07, 6.45) is -3.07. The normalized spacial score (nSPS) is 20.1. The number of ether oxygens (including phenoxy) is 2. The third-order valence-electron chi connectivity index (χ3n) is 7.23. The minimum Gasteiger partial charge on any atom is -0.466 e. The molecule has 1 aliphatic heterocycles. The number of carbonyl (C=O) groups is 1. The molecule has 0 aliphatic carbocycles. The number of thiophene rings is 1. The first-order valence-corrected chi connectivity index (χ1v) is 19.2. The van der Waals surface area contributed by atoms with Crippen LogP contribution in [0.5, 0.6) is 5.75 Å². The van der Waals surface area contributed by atoms with Crippen molar-refractivity contribution in [3.8, 4) is 27.3 Å². The van der Waals surface area contributed by atoms with Crippen molar-refractivity contribution in [1.82, 2.24) is 0 Å². The third kappa shape index (κ3) is 6.16. The Morgan fingerprint density at radius 3 is 2.05 bits per heavy atom. The average molecular weight is 611 g/mol. The summed E-state index contributed by atoms with van der Waals surface area (Å²) in [4.78, 5) is 14.9. The van der Waals surface area contributed by atoms with Gasteiger partial charge in [-0.2, -0.15) is 0 Å². The van der Waals surface area contributed by atoms with Gasteiger partial charge in [0.15, 0.2) is 9.84 Å². The van der Waals surface area contributed by atoms with Gasteiger partial charge < -0.3 is 9.47 Å². The lowest BCUT2D eigenvalue weighted by Gasteiger charge is -2.45. The van der Waals surface area contributed by atoms with Gasteiger partial charge in [0, 0.05) is 9.75 Å². The Bertz CT molecular complexity index is 1440. The SMILES string of the molecule is CCOC(=O)C([C@]1(c2ccc(-c3ccc(-c4ccc(OC(F)(F)F)cc4)cc3)s2)CCCCS1(=O)=O)[Si](C)(C)C. The van der Waals surface area contributed by atoms with Gasteiger partial charge in [-0.15, -0.1) is 24.5 Å². The van der Waals surface area contributed by atoms with Gasteiger partial charge in [-0.1, -0.05) is 62.5 Å². The predicted octanol–water partition coefficient (Wildman–Crippen LogP) is 8.05. The number of hydrogen-bond acceptors (Lipinski definition) is 6. The number of hydrogen-bond donors (Lipinski definition) is 0. The van der Waals surface area contributed by atoms with E-state index in [1.54, 1.807) is 19.1 Å². The minimum atomic E-state index is -4.75. The fraction of sp³-hybridized carbons (Fsp3) is 0.414. The quantitative estimate of drug-likeness (QED) is 0.191.